The van der Waals surface area contributed by atoms with Crippen molar-refractivity contribution in [3.63, 3.8) is 0 Å². The van der Waals surface area contributed by atoms with Crippen molar-refractivity contribution in [2.75, 3.05) is 0 Å². The van der Waals surface area contributed by atoms with E-state index in [1.165, 1.54) is 5.56 Å². The van der Waals surface area contributed by atoms with E-state index in [1.54, 1.807) is 0 Å². The fourth-order valence-corrected chi connectivity index (χ4v) is 2.06. The van der Waals surface area contributed by atoms with E-state index in [1.807, 2.05) is 38.4 Å². The topological polar surface area (TPSA) is 25.2 Å². The van der Waals surface area contributed by atoms with Gasteiger partial charge in [0.2, 0.25) is 0 Å². The number of aliphatic hydroxyl groups is 1. The number of benzene rings is 1. The minimum Gasteiger partial charge on any atom is -0.388 e. The molecule has 0 saturated heterocycles. The van der Waals surface area contributed by atoms with E-state index in [4.69, 9.17) is 0 Å². The lowest BCUT2D eigenvalue weighted by molar-refractivity contribution is 0.127. The molecule has 0 fully saturated rings. The monoisotopic (exact) mass is 243 g/mol. The molecule has 0 saturated carbocycles. The summed E-state index contributed by atoms with van der Waals surface area (Å²) in [6.07, 6.45) is 4.76. The van der Waals surface area contributed by atoms with Gasteiger partial charge in [0, 0.05) is 18.9 Å². The zero-order valence-corrected chi connectivity index (χ0v) is 11.1. The first-order valence-corrected chi connectivity index (χ1v) is 6.54. The van der Waals surface area contributed by atoms with Crippen molar-refractivity contribution in [1.29, 1.82) is 0 Å². The molecule has 0 aliphatic heterocycles. The van der Waals surface area contributed by atoms with Gasteiger partial charge in [-0.25, -0.2) is 0 Å². The third kappa shape index (κ3) is 3.23. The van der Waals surface area contributed by atoms with Crippen LogP contribution in [0.1, 0.15) is 31.1 Å². The van der Waals surface area contributed by atoms with Crippen molar-refractivity contribution in [1.82, 2.24) is 4.57 Å². The fraction of sp³-hybridized carbons (Fsp3) is 0.375. The molecule has 1 N–H and O–H groups in total. The summed E-state index contributed by atoms with van der Waals surface area (Å²) in [5.41, 5.74) is 2.36. The van der Waals surface area contributed by atoms with Gasteiger partial charge >= 0.3 is 0 Å². The number of aryl methyl sites for hydroxylation is 2. The van der Waals surface area contributed by atoms with Crippen molar-refractivity contribution in [2.45, 2.75) is 32.9 Å². The number of rotatable bonds is 5. The second-order valence-corrected chi connectivity index (χ2v) is 5.11. The number of aliphatic hydroxyl groups excluding tert-OH is 1. The van der Waals surface area contributed by atoms with Crippen molar-refractivity contribution in [3.05, 3.63) is 59.9 Å². The molecular weight excluding hydrogens is 222 g/mol. The fourth-order valence-electron chi connectivity index (χ4n) is 2.06. The van der Waals surface area contributed by atoms with Gasteiger partial charge in [-0.3, -0.25) is 0 Å². The molecule has 1 unspecified atom stereocenters. The molecule has 0 amide bonds. The van der Waals surface area contributed by atoms with Crippen LogP contribution < -0.4 is 0 Å². The van der Waals surface area contributed by atoms with Crippen LogP contribution in [-0.4, -0.2) is 9.67 Å². The lowest BCUT2D eigenvalue weighted by Crippen LogP contribution is -2.04. The van der Waals surface area contributed by atoms with Gasteiger partial charge in [0.25, 0.3) is 0 Å². The van der Waals surface area contributed by atoms with E-state index < -0.39 is 0 Å². The van der Waals surface area contributed by atoms with Gasteiger partial charge in [0.15, 0.2) is 0 Å². The second-order valence-electron chi connectivity index (χ2n) is 5.11. The standard InChI is InChI=1S/C16H21NO/c1-13(2)16(18)15-9-11-17(12-15)10-8-14-6-4-3-5-7-14/h3-7,9,11-13,16,18H,8,10H2,1-2H3. The van der Waals surface area contributed by atoms with E-state index in [-0.39, 0.29) is 12.0 Å². The molecule has 2 nitrogen and oxygen atoms in total. The normalized spacial score (nSPS) is 12.9. The molecule has 0 bridgehead atoms. The van der Waals surface area contributed by atoms with Crippen LogP contribution in [0.25, 0.3) is 0 Å². The highest BCUT2D eigenvalue weighted by Crippen LogP contribution is 2.21. The Balaban J connectivity index is 1.95. The molecule has 2 aromatic rings. The van der Waals surface area contributed by atoms with Gasteiger partial charge < -0.3 is 9.67 Å². The van der Waals surface area contributed by atoms with Gasteiger partial charge in [0.1, 0.15) is 0 Å². The van der Waals surface area contributed by atoms with Crippen LogP contribution in [0.3, 0.4) is 0 Å². The highest BCUT2D eigenvalue weighted by Gasteiger charge is 2.12. The molecule has 0 aliphatic rings. The Morgan fingerprint density at radius 1 is 1.11 bits per heavy atom. The van der Waals surface area contributed by atoms with Crippen LogP contribution in [-0.2, 0) is 13.0 Å². The summed E-state index contributed by atoms with van der Waals surface area (Å²) in [5, 5.41) is 9.98. The molecule has 1 heterocycles. The van der Waals surface area contributed by atoms with Crippen LogP contribution >= 0.6 is 0 Å². The minimum atomic E-state index is -0.358. The van der Waals surface area contributed by atoms with Crippen LogP contribution in [0.2, 0.25) is 0 Å². The smallest absolute Gasteiger partial charge is 0.0827 e. The number of hydrogen-bond donors (Lipinski definition) is 1. The number of nitrogens with zero attached hydrogens (tertiary/aromatic N) is 1. The summed E-state index contributed by atoms with van der Waals surface area (Å²) in [6.45, 7) is 5.02. The maximum atomic E-state index is 9.98. The molecule has 1 aromatic heterocycles. The number of hydrogen-bond acceptors (Lipinski definition) is 1. The van der Waals surface area contributed by atoms with E-state index in [0.717, 1.165) is 18.5 Å². The number of aromatic nitrogens is 1. The molecule has 2 rings (SSSR count). The Labute approximate surface area is 109 Å². The molecule has 0 aliphatic carbocycles. The SMILES string of the molecule is CC(C)C(O)c1ccn(CCc2ccccc2)c1. The second kappa shape index (κ2) is 5.87. The van der Waals surface area contributed by atoms with E-state index in [2.05, 4.69) is 28.8 Å². The minimum absolute atomic E-state index is 0.259. The summed E-state index contributed by atoms with van der Waals surface area (Å²) in [4.78, 5) is 0. The van der Waals surface area contributed by atoms with Gasteiger partial charge in [0.05, 0.1) is 6.10 Å². The Bertz CT molecular complexity index is 473. The van der Waals surface area contributed by atoms with E-state index in [0.29, 0.717) is 0 Å². The van der Waals surface area contributed by atoms with Crippen molar-refractivity contribution < 1.29 is 5.11 Å². The van der Waals surface area contributed by atoms with Crippen LogP contribution in [0.4, 0.5) is 0 Å². The van der Waals surface area contributed by atoms with E-state index in [9.17, 15) is 5.11 Å². The molecule has 96 valence electrons. The zero-order valence-electron chi connectivity index (χ0n) is 11.1. The van der Waals surface area contributed by atoms with Crippen molar-refractivity contribution >= 4 is 0 Å². The lowest BCUT2D eigenvalue weighted by Gasteiger charge is -2.12. The lowest BCUT2D eigenvalue weighted by atomic mass is 10.0. The van der Waals surface area contributed by atoms with Crippen LogP contribution in [0, 0.1) is 5.92 Å². The third-order valence-electron chi connectivity index (χ3n) is 3.25. The average Bonchev–Trinajstić information content (AvgIpc) is 2.85. The summed E-state index contributed by atoms with van der Waals surface area (Å²) < 4.78 is 2.15. The molecule has 18 heavy (non-hydrogen) atoms. The first-order chi connectivity index (χ1) is 8.66. The molecule has 1 atom stereocenters. The summed E-state index contributed by atoms with van der Waals surface area (Å²) in [7, 11) is 0. The van der Waals surface area contributed by atoms with Gasteiger partial charge in [-0.05, 0) is 29.5 Å². The highest BCUT2D eigenvalue weighted by atomic mass is 16.3. The van der Waals surface area contributed by atoms with E-state index >= 15 is 0 Å². The molecule has 0 spiro atoms. The Morgan fingerprint density at radius 3 is 2.50 bits per heavy atom. The van der Waals surface area contributed by atoms with Crippen LogP contribution in [0.5, 0.6) is 0 Å². The average molecular weight is 243 g/mol. The molecule has 0 radical (unpaired) electrons. The Morgan fingerprint density at radius 2 is 1.83 bits per heavy atom. The van der Waals surface area contributed by atoms with Crippen LogP contribution in [0.15, 0.2) is 48.8 Å². The quantitative estimate of drug-likeness (QED) is 0.855. The maximum Gasteiger partial charge on any atom is 0.0827 e. The largest absolute Gasteiger partial charge is 0.388 e. The summed E-state index contributed by atoms with van der Waals surface area (Å²) in [5.74, 6) is 0.259. The highest BCUT2D eigenvalue weighted by molar-refractivity contribution is 5.16. The Hall–Kier alpha value is -1.54. The van der Waals surface area contributed by atoms with Gasteiger partial charge in [-0.2, -0.15) is 0 Å². The summed E-state index contributed by atoms with van der Waals surface area (Å²) in [6, 6.07) is 12.5. The Kier molecular flexibility index (Phi) is 4.21. The predicted octanol–water partition coefficient (Wildman–Crippen LogP) is 3.42. The molecule has 1 aromatic carbocycles. The van der Waals surface area contributed by atoms with Gasteiger partial charge in [-0.15, -0.1) is 0 Å². The summed E-state index contributed by atoms with van der Waals surface area (Å²) >= 11 is 0. The van der Waals surface area contributed by atoms with Crippen molar-refractivity contribution in [2.24, 2.45) is 5.92 Å². The predicted molar refractivity (Wildman–Crippen MR) is 74.4 cm³/mol. The van der Waals surface area contributed by atoms with Crippen molar-refractivity contribution in [3.8, 4) is 0 Å². The molecule has 2 heteroatoms. The maximum absolute atomic E-state index is 9.98. The first-order valence-electron chi connectivity index (χ1n) is 6.54. The molecular formula is C16H21NO. The zero-order chi connectivity index (χ0) is 13.0. The third-order valence-corrected chi connectivity index (χ3v) is 3.25. The van der Waals surface area contributed by atoms with Gasteiger partial charge in [-0.1, -0.05) is 44.2 Å². The first kappa shape index (κ1) is 12.9.